The Morgan fingerprint density at radius 3 is 2.42 bits per heavy atom. The monoisotopic (exact) mass is 460 g/mol. The summed E-state index contributed by atoms with van der Waals surface area (Å²) in [5.74, 6) is 1.21. The Hall–Kier alpha value is -0.950. The molecule has 0 unspecified atom stereocenters. The summed E-state index contributed by atoms with van der Waals surface area (Å²) in [4.78, 5) is 11.9. The Bertz CT molecular complexity index is 824. The summed E-state index contributed by atoms with van der Waals surface area (Å²) in [6.45, 7) is 9.51. The Kier molecular flexibility index (Phi) is 5.30. The number of carbonyl (C=O) groups excluding carboxylic acids is 1. The summed E-state index contributed by atoms with van der Waals surface area (Å²) in [7, 11) is 0. The number of rotatable bonds is 3. The molecule has 4 aliphatic carbocycles. The number of allylic oxidation sites excluding steroid dienone is 1. The van der Waals surface area contributed by atoms with Gasteiger partial charge in [-0.2, -0.15) is 0 Å². The van der Waals surface area contributed by atoms with E-state index in [4.69, 9.17) is 23.7 Å². The topological polar surface area (TPSA) is 63.2 Å². The average molecular weight is 461 g/mol. The lowest BCUT2D eigenvalue weighted by molar-refractivity contribution is -0.219. The van der Waals surface area contributed by atoms with E-state index in [1.807, 2.05) is 0 Å². The second-order valence-electron chi connectivity index (χ2n) is 11.9. The number of esters is 1. The molecule has 184 valence electrons. The minimum atomic E-state index is -0.453. The molecule has 0 aromatic heterocycles. The number of carbonyl (C=O) groups is 1. The van der Waals surface area contributed by atoms with E-state index >= 15 is 0 Å². The largest absolute Gasteiger partial charge is 0.465 e. The molecule has 2 heterocycles. The van der Waals surface area contributed by atoms with Crippen LogP contribution in [0.5, 0.6) is 0 Å². The molecule has 0 amide bonds. The highest BCUT2D eigenvalue weighted by Crippen LogP contribution is 2.68. The summed E-state index contributed by atoms with van der Waals surface area (Å²) in [6.07, 6.45) is 11.1. The molecule has 2 aliphatic heterocycles. The standard InChI is InChI=1S/C27H40O6/c1-18(28)29-17-26-10-11-27(32-14-15-33-27)16-19(26)4-5-20-21-6-7-23(25(3)30-12-13-31-25)24(21,2)9-8-22(20)26/h4,20-23H,5-17H2,1-3H3/t20-,21-,22-,23-,24-,26+/m0/s1. The zero-order valence-corrected chi connectivity index (χ0v) is 20.5. The van der Waals surface area contributed by atoms with Crippen molar-refractivity contribution >= 4 is 5.97 Å². The highest BCUT2D eigenvalue weighted by molar-refractivity contribution is 5.66. The van der Waals surface area contributed by atoms with Crippen molar-refractivity contribution in [3.8, 4) is 0 Å². The van der Waals surface area contributed by atoms with Crippen molar-refractivity contribution < 1.29 is 28.5 Å². The molecule has 0 N–H and O–H groups in total. The quantitative estimate of drug-likeness (QED) is 0.453. The number of ether oxygens (including phenoxy) is 5. The van der Waals surface area contributed by atoms with Crippen LogP contribution in [0.25, 0.3) is 0 Å². The van der Waals surface area contributed by atoms with Gasteiger partial charge in [0, 0.05) is 31.1 Å². The first kappa shape index (κ1) is 22.5. The minimum Gasteiger partial charge on any atom is -0.465 e. The molecular formula is C27H40O6. The summed E-state index contributed by atoms with van der Waals surface area (Å²) in [6, 6.07) is 0. The number of hydrogen-bond acceptors (Lipinski definition) is 6. The molecule has 3 saturated carbocycles. The molecule has 0 aromatic carbocycles. The van der Waals surface area contributed by atoms with Gasteiger partial charge >= 0.3 is 5.97 Å². The van der Waals surface area contributed by atoms with Crippen LogP contribution in [0.2, 0.25) is 0 Å². The molecule has 0 bridgehead atoms. The molecule has 33 heavy (non-hydrogen) atoms. The van der Waals surface area contributed by atoms with Gasteiger partial charge in [-0.1, -0.05) is 18.6 Å². The van der Waals surface area contributed by atoms with Gasteiger partial charge < -0.3 is 23.7 Å². The van der Waals surface area contributed by atoms with Gasteiger partial charge in [-0.3, -0.25) is 4.79 Å². The van der Waals surface area contributed by atoms with E-state index in [-0.39, 0.29) is 16.8 Å². The predicted octanol–water partition coefficient (Wildman–Crippen LogP) is 4.61. The molecule has 2 saturated heterocycles. The second-order valence-corrected chi connectivity index (χ2v) is 11.9. The number of fused-ring (bicyclic) bond motifs is 5. The van der Waals surface area contributed by atoms with Gasteiger partial charge in [0.15, 0.2) is 11.6 Å². The Balaban J connectivity index is 1.32. The van der Waals surface area contributed by atoms with Gasteiger partial charge in [0.05, 0.1) is 26.4 Å². The van der Waals surface area contributed by atoms with Gasteiger partial charge in [-0.25, -0.2) is 0 Å². The van der Waals surface area contributed by atoms with Crippen LogP contribution < -0.4 is 0 Å². The van der Waals surface area contributed by atoms with E-state index < -0.39 is 11.6 Å². The predicted molar refractivity (Wildman–Crippen MR) is 121 cm³/mol. The van der Waals surface area contributed by atoms with Gasteiger partial charge in [-0.05, 0) is 68.6 Å². The zero-order valence-electron chi connectivity index (χ0n) is 20.5. The van der Waals surface area contributed by atoms with Crippen molar-refractivity contribution in [2.45, 2.75) is 83.7 Å². The van der Waals surface area contributed by atoms with E-state index in [9.17, 15) is 4.79 Å². The van der Waals surface area contributed by atoms with Crippen molar-refractivity contribution in [1.82, 2.24) is 0 Å². The molecule has 6 heteroatoms. The minimum absolute atomic E-state index is 0.0706. The van der Waals surface area contributed by atoms with Crippen LogP contribution in [-0.2, 0) is 28.5 Å². The molecule has 0 radical (unpaired) electrons. The highest BCUT2D eigenvalue weighted by Gasteiger charge is 2.64. The summed E-state index contributed by atoms with van der Waals surface area (Å²) in [5, 5.41) is 0. The molecular weight excluding hydrogens is 420 g/mol. The Labute approximate surface area is 197 Å². The third kappa shape index (κ3) is 3.30. The smallest absolute Gasteiger partial charge is 0.302 e. The fourth-order valence-electron chi connectivity index (χ4n) is 9.25. The summed E-state index contributed by atoms with van der Waals surface area (Å²) >= 11 is 0. The lowest BCUT2D eigenvalue weighted by Crippen LogP contribution is -2.56. The van der Waals surface area contributed by atoms with E-state index in [0.29, 0.717) is 56.7 Å². The molecule has 0 aromatic rings. The van der Waals surface area contributed by atoms with Crippen molar-refractivity contribution in [3.63, 3.8) is 0 Å². The van der Waals surface area contributed by atoms with Crippen LogP contribution in [0, 0.1) is 34.5 Å². The fraction of sp³-hybridized carbons (Fsp3) is 0.889. The van der Waals surface area contributed by atoms with E-state index in [0.717, 1.165) is 25.7 Å². The van der Waals surface area contributed by atoms with Crippen LogP contribution >= 0.6 is 0 Å². The highest BCUT2D eigenvalue weighted by atomic mass is 16.7. The first-order valence-corrected chi connectivity index (χ1v) is 13.2. The normalized spacial score (nSPS) is 45.2. The molecule has 6 atom stereocenters. The lowest BCUT2D eigenvalue weighted by Gasteiger charge is -2.60. The fourth-order valence-corrected chi connectivity index (χ4v) is 9.25. The second kappa shape index (κ2) is 7.78. The summed E-state index contributed by atoms with van der Waals surface area (Å²) in [5.41, 5.74) is 1.59. The molecule has 6 nitrogen and oxygen atoms in total. The zero-order chi connectivity index (χ0) is 22.9. The van der Waals surface area contributed by atoms with Crippen molar-refractivity contribution in [2.75, 3.05) is 33.0 Å². The van der Waals surface area contributed by atoms with Crippen LogP contribution in [0.4, 0.5) is 0 Å². The molecule has 6 rings (SSSR count). The van der Waals surface area contributed by atoms with Gasteiger partial charge in [0.1, 0.15) is 6.61 Å². The summed E-state index contributed by atoms with van der Waals surface area (Å²) < 4.78 is 30.4. The van der Waals surface area contributed by atoms with Crippen LogP contribution in [0.15, 0.2) is 11.6 Å². The third-order valence-electron chi connectivity index (χ3n) is 10.7. The Morgan fingerprint density at radius 2 is 1.70 bits per heavy atom. The molecule has 1 spiro atoms. The maximum atomic E-state index is 11.9. The first-order chi connectivity index (χ1) is 15.8. The lowest BCUT2D eigenvalue weighted by atomic mass is 9.46. The maximum absolute atomic E-state index is 11.9. The van der Waals surface area contributed by atoms with Crippen molar-refractivity contribution in [1.29, 1.82) is 0 Å². The van der Waals surface area contributed by atoms with Crippen LogP contribution in [-0.4, -0.2) is 50.6 Å². The Morgan fingerprint density at radius 1 is 0.970 bits per heavy atom. The molecule has 5 fully saturated rings. The van der Waals surface area contributed by atoms with Crippen LogP contribution in [0.3, 0.4) is 0 Å². The average Bonchev–Trinajstić information content (AvgIpc) is 3.51. The van der Waals surface area contributed by atoms with Crippen LogP contribution in [0.1, 0.15) is 72.1 Å². The van der Waals surface area contributed by atoms with Gasteiger partial charge in [-0.15, -0.1) is 0 Å². The SMILES string of the molecule is CC(=O)OC[C@]12CCC3(CC1=CC[C@@H]1[C@@H]2CC[C@]2(C)[C@@H](C4(C)OCCO4)CC[C@@H]12)OCCO3. The maximum Gasteiger partial charge on any atom is 0.302 e. The van der Waals surface area contributed by atoms with Crippen molar-refractivity contribution in [2.24, 2.45) is 34.5 Å². The third-order valence-corrected chi connectivity index (χ3v) is 10.7. The van der Waals surface area contributed by atoms with E-state index in [1.54, 1.807) is 0 Å². The molecule has 6 aliphatic rings. The number of hydrogen-bond donors (Lipinski definition) is 0. The van der Waals surface area contributed by atoms with E-state index in [1.165, 1.54) is 38.2 Å². The van der Waals surface area contributed by atoms with E-state index in [2.05, 4.69) is 19.9 Å². The van der Waals surface area contributed by atoms with Gasteiger partial charge in [0.2, 0.25) is 0 Å². The van der Waals surface area contributed by atoms with Gasteiger partial charge in [0.25, 0.3) is 0 Å². The van der Waals surface area contributed by atoms with Crippen molar-refractivity contribution in [3.05, 3.63) is 11.6 Å². The first-order valence-electron chi connectivity index (χ1n) is 13.2.